The van der Waals surface area contributed by atoms with E-state index in [0.29, 0.717) is 23.7 Å². The minimum absolute atomic E-state index is 0.116. The summed E-state index contributed by atoms with van der Waals surface area (Å²) in [4.78, 5) is 16.1. The van der Waals surface area contributed by atoms with Gasteiger partial charge in [0.1, 0.15) is 11.4 Å². The number of H-pyrrole nitrogens is 1. The first-order valence-corrected chi connectivity index (χ1v) is 10.8. The van der Waals surface area contributed by atoms with E-state index < -0.39 is 0 Å². The average molecular weight is 447 g/mol. The molecular weight excluding hydrogens is 419 g/mol. The van der Waals surface area contributed by atoms with Gasteiger partial charge in [-0.05, 0) is 88.4 Å². The molecule has 0 aliphatic carbocycles. The number of fused-ring (bicyclic) bond motifs is 1. The van der Waals surface area contributed by atoms with Gasteiger partial charge in [-0.25, -0.2) is 0 Å². The Bertz CT molecular complexity index is 1060. The molecule has 0 unspecified atom stereocenters. The summed E-state index contributed by atoms with van der Waals surface area (Å²) in [6.07, 6.45) is 1.48. The molecule has 3 rings (SSSR count). The first-order valence-electron chi connectivity index (χ1n) is 10.1. The Labute approximate surface area is 187 Å². The minimum Gasteiger partial charge on any atom is -0.494 e. The number of aromatic nitrogens is 1. The zero-order valence-electron chi connectivity index (χ0n) is 18.1. The topological polar surface area (TPSA) is 54.1 Å². The number of halogens is 2. The fraction of sp³-hybridized carbons (Fsp3) is 0.375. The molecule has 1 heterocycles. The van der Waals surface area contributed by atoms with Crippen molar-refractivity contribution >= 4 is 40.0 Å². The van der Waals surface area contributed by atoms with Crippen LogP contribution in [0.1, 0.15) is 54.4 Å². The number of amides is 1. The number of hydrogen-bond donors (Lipinski definition) is 2. The van der Waals surface area contributed by atoms with Crippen LogP contribution in [0.3, 0.4) is 0 Å². The highest BCUT2D eigenvalue weighted by Gasteiger charge is 2.21. The van der Waals surface area contributed by atoms with Crippen LogP contribution in [0.4, 0.5) is 0 Å². The highest BCUT2D eigenvalue weighted by atomic mass is 35.5. The van der Waals surface area contributed by atoms with Crippen molar-refractivity contribution in [2.45, 2.75) is 53.0 Å². The molecule has 4 nitrogen and oxygen atoms in total. The predicted octanol–water partition coefficient (Wildman–Crippen LogP) is 6.63. The highest BCUT2D eigenvalue weighted by Crippen LogP contribution is 2.28. The van der Waals surface area contributed by atoms with Crippen molar-refractivity contribution in [3.05, 3.63) is 62.8 Å². The smallest absolute Gasteiger partial charge is 0.268 e. The molecule has 0 saturated heterocycles. The molecule has 0 spiro atoms. The van der Waals surface area contributed by atoms with Gasteiger partial charge in [0.05, 0.1) is 6.61 Å². The van der Waals surface area contributed by atoms with E-state index in [1.165, 1.54) is 0 Å². The Balaban J connectivity index is 1.77. The Morgan fingerprint density at radius 2 is 1.77 bits per heavy atom. The normalized spacial score (nSPS) is 11.7. The van der Waals surface area contributed by atoms with Crippen LogP contribution in [0.5, 0.6) is 5.75 Å². The second kappa shape index (κ2) is 8.91. The Morgan fingerprint density at radius 1 is 1.10 bits per heavy atom. The van der Waals surface area contributed by atoms with Crippen molar-refractivity contribution in [2.75, 3.05) is 6.61 Å². The second-order valence-corrected chi connectivity index (χ2v) is 9.51. The summed E-state index contributed by atoms with van der Waals surface area (Å²) in [7, 11) is 0. The van der Waals surface area contributed by atoms with Gasteiger partial charge in [-0.3, -0.25) is 4.79 Å². The molecule has 2 N–H and O–H groups in total. The molecule has 0 aliphatic rings. The molecule has 30 heavy (non-hydrogen) atoms. The van der Waals surface area contributed by atoms with E-state index >= 15 is 0 Å². The van der Waals surface area contributed by atoms with Crippen LogP contribution in [0, 0.1) is 13.8 Å². The van der Waals surface area contributed by atoms with Crippen molar-refractivity contribution in [3.63, 3.8) is 0 Å². The molecule has 0 saturated carbocycles. The molecule has 3 aromatic rings. The van der Waals surface area contributed by atoms with E-state index in [4.69, 9.17) is 27.9 Å². The fourth-order valence-corrected chi connectivity index (χ4v) is 3.79. The third kappa shape index (κ3) is 5.30. The van der Waals surface area contributed by atoms with Gasteiger partial charge in [0.2, 0.25) is 0 Å². The lowest BCUT2D eigenvalue weighted by Gasteiger charge is -2.20. The van der Waals surface area contributed by atoms with E-state index in [1.807, 2.05) is 65.0 Å². The maximum absolute atomic E-state index is 12.9. The summed E-state index contributed by atoms with van der Waals surface area (Å²) in [6, 6.07) is 9.56. The highest BCUT2D eigenvalue weighted by molar-refractivity contribution is 6.32. The van der Waals surface area contributed by atoms with Gasteiger partial charge >= 0.3 is 0 Å². The number of ether oxygens (including phenoxy) is 1. The summed E-state index contributed by atoms with van der Waals surface area (Å²) in [5.41, 5.74) is 4.11. The molecule has 1 aromatic heterocycles. The van der Waals surface area contributed by atoms with Crippen LogP contribution in [0.2, 0.25) is 10.0 Å². The fourth-order valence-electron chi connectivity index (χ4n) is 3.51. The quantitative estimate of drug-likeness (QED) is 0.417. The second-order valence-electron chi connectivity index (χ2n) is 8.70. The van der Waals surface area contributed by atoms with Crippen LogP contribution in [0.15, 0.2) is 30.3 Å². The maximum atomic E-state index is 12.9. The van der Waals surface area contributed by atoms with Gasteiger partial charge in [-0.15, -0.1) is 0 Å². The molecule has 0 bridgehead atoms. The largest absolute Gasteiger partial charge is 0.494 e. The molecular formula is C24H28Cl2N2O2. The zero-order chi connectivity index (χ0) is 22.1. The van der Waals surface area contributed by atoms with Gasteiger partial charge in [-0.2, -0.15) is 0 Å². The van der Waals surface area contributed by atoms with Gasteiger partial charge in [0, 0.05) is 26.5 Å². The van der Waals surface area contributed by atoms with E-state index in [9.17, 15) is 4.79 Å². The molecule has 0 atom stereocenters. The lowest BCUT2D eigenvalue weighted by Crippen LogP contribution is -2.41. The molecule has 1 amide bonds. The zero-order valence-corrected chi connectivity index (χ0v) is 19.6. The van der Waals surface area contributed by atoms with E-state index in [0.717, 1.165) is 44.8 Å². The summed E-state index contributed by atoms with van der Waals surface area (Å²) >= 11 is 12.4. The molecule has 160 valence electrons. The lowest BCUT2D eigenvalue weighted by atomic mass is 10.0. The SMILES string of the molecule is Cc1cc(OCCCc2c(C(=O)NC(C)(C)C)[nH]c3cc(Cl)ccc23)cc(C)c1Cl. The van der Waals surface area contributed by atoms with Crippen LogP contribution >= 0.6 is 23.2 Å². The lowest BCUT2D eigenvalue weighted by molar-refractivity contribution is 0.0914. The van der Waals surface area contributed by atoms with Crippen LogP contribution in [-0.4, -0.2) is 23.0 Å². The van der Waals surface area contributed by atoms with Crippen molar-refractivity contribution in [3.8, 4) is 5.75 Å². The number of aromatic amines is 1. The van der Waals surface area contributed by atoms with Crippen LogP contribution < -0.4 is 10.1 Å². The molecule has 6 heteroatoms. The summed E-state index contributed by atoms with van der Waals surface area (Å²) in [6.45, 7) is 10.4. The summed E-state index contributed by atoms with van der Waals surface area (Å²) in [5.74, 6) is 0.695. The Kier molecular flexibility index (Phi) is 6.68. The average Bonchev–Trinajstić information content (AvgIpc) is 2.99. The summed E-state index contributed by atoms with van der Waals surface area (Å²) in [5, 5.41) is 5.46. The number of benzene rings is 2. The predicted molar refractivity (Wildman–Crippen MR) is 125 cm³/mol. The number of hydrogen-bond acceptors (Lipinski definition) is 2. The Hall–Kier alpha value is -2.17. The van der Waals surface area contributed by atoms with Gasteiger partial charge in [0.25, 0.3) is 5.91 Å². The van der Waals surface area contributed by atoms with Crippen LogP contribution in [0.25, 0.3) is 10.9 Å². The number of aryl methyl sites for hydroxylation is 3. The third-order valence-electron chi connectivity index (χ3n) is 4.83. The van der Waals surface area contributed by atoms with E-state index in [2.05, 4.69) is 10.3 Å². The number of nitrogens with one attached hydrogen (secondary N) is 2. The van der Waals surface area contributed by atoms with Gasteiger partial charge in [-0.1, -0.05) is 29.3 Å². The first-order chi connectivity index (χ1) is 14.0. The van der Waals surface area contributed by atoms with Crippen molar-refractivity contribution in [1.29, 1.82) is 0 Å². The van der Waals surface area contributed by atoms with Gasteiger partial charge < -0.3 is 15.0 Å². The number of rotatable bonds is 6. The van der Waals surface area contributed by atoms with E-state index in [1.54, 1.807) is 0 Å². The van der Waals surface area contributed by atoms with Crippen molar-refractivity contribution in [1.82, 2.24) is 10.3 Å². The number of carbonyl (C=O) groups excluding carboxylic acids is 1. The van der Waals surface area contributed by atoms with Crippen LogP contribution in [-0.2, 0) is 6.42 Å². The molecule has 0 fully saturated rings. The van der Waals surface area contributed by atoms with Gasteiger partial charge in [0.15, 0.2) is 0 Å². The minimum atomic E-state index is -0.323. The monoisotopic (exact) mass is 446 g/mol. The number of carbonyl (C=O) groups is 1. The molecule has 0 aliphatic heterocycles. The summed E-state index contributed by atoms with van der Waals surface area (Å²) < 4.78 is 5.94. The third-order valence-corrected chi connectivity index (χ3v) is 5.66. The molecule has 2 aromatic carbocycles. The standard InChI is InChI=1S/C24H28Cl2N2O2/c1-14-11-17(12-15(2)21(14)26)30-10-6-7-19-18-9-8-16(25)13-20(18)27-22(19)23(29)28-24(3,4)5/h8-9,11-13,27H,6-7,10H2,1-5H3,(H,28,29). The molecule has 0 radical (unpaired) electrons. The maximum Gasteiger partial charge on any atom is 0.268 e. The van der Waals surface area contributed by atoms with Crippen molar-refractivity contribution < 1.29 is 9.53 Å². The first kappa shape index (κ1) is 22.5. The van der Waals surface area contributed by atoms with E-state index in [-0.39, 0.29) is 11.4 Å². The van der Waals surface area contributed by atoms with Crippen molar-refractivity contribution in [2.24, 2.45) is 0 Å². The Morgan fingerprint density at radius 3 is 2.40 bits per heavy atom.